The predicted octanol–water partition coefficient (Wildman–Crippen LogP) is 12.5. The van der Waals surface area contributed by atoms with Gasteiger partial charge >= 0.3 is 0 Å². The highest BCUT2D eigenvalue weighted by molar-refractivity contribution is 7.88. The summed E-state index contributed by atoms with van der Waals surface area (Å²) in [5.41, 5.74) is -1.72. The summed E-state index contributed by atoms with van der Waals surface area (Å²) in [6.45, 7) is 35.2. The summed E-state index contributed by atoms with van der Waals surface area (Å²) in [4.78, 5) is 79.1. The van der Waals surface area contributed by atoms with Crippen LogP contribution in [-0.2, 0) is 38.7 Å². The number of carbonyl (C=O) groups is 5. The summed E-state index contributed by atoms with van der Waals surface area (Å²) in [5.74, 6) is 11.6. The van der Waals surface area contributed by atoms with E-state index in [-0.39, 0.29) is 99.3 Å². The van der Waals surface area contributed by atoms with Crippen LogP contribution in [0.2, 0.25) is 0 Å². The molecular weight excluding hydrogens is 1700 g/mol. The van der Waals surface area contributed by atoms with Crippen LogP contribution in [0.4, 0.5) is 0 Å². The van der Waals surface area contributed by atoms with Crippen LogP contribution in [0, 0.1) is 162 Å². The first kappa shape index (κ1) is 102. The monoisotopic (exact) mass is 1880 g/mol. The van der Waals surface area contributed by atoms with Gasteiger partial charge in [-0.2, -0.15) is 4.31 Å². The first-order valence-corrected chi connectivity index (χ1v) is 56.6. The lowest BCUT2D eigenvalue weighted by molar-refractivity contribution is -0.171. The minimum atomic E-state index is -3.16. The van der Waals surface area contributed by atoms with E-state index in [0.717, 1.165) is 258 Å². The maximum atomic E-state index is 13.6. The molecule has 0 unspecified atom stereocenters. The predicted molar refractivity (Wildman–Crippen MR) is 516 cm³/mol. The summed E-state index contributed by atoms with van der Waals surface area (Å²) in [6.07, 6.45) is 39.9. The highest BCUT2D eigenvalue weighted by Crippen LogP contribution is 2.74. The topological polar surface area (TPSA) is 313 Å². The van der Waals surface area contributed by atoms with Gasteiger partial charge in [-0.15, -0.1) is 0 Å². The zero-order valence-corrected chi connectivity index (χ0v) is 85.4. The number of aliphatic hydroxyl groups is 8. The van der Waals surface area contributed by atoms with Gasteiger partial charge in [-0.3, -0.25) is 43.6 Å². The lowest BCUT2D eigenvalue weighted by atomic mass is 9.42. The molecule has 4 heterocycles. The Morgan fingerprint density at radius 2 is 0.594 bits per heavy atom. The number of fused-ring (bicyclic) bond motifs is 20. The molecule has 0 aromatic carbocycles. The average Bonchev–Trinajstić information content (AvgIpc) is 1.54. The number of nitrogens with zero attached hydrogens (tertiary/aromatic N) is 7. The van der Waals surface area contributed by atoms with Crippen molar-refractivity contribution >= 4 is 39.1 Å². The van der Waals surface area contributed by atoms with Crippen LogP contribution in [-0.4, -0.2) is 305 Å². The van der Waals surface area contributed by atoms with Crippen molar-refractivity contribution in [3.05, 3.63) is 0 Å². The molecule has 0 spiro atoms. The zero-order chi connectivity index (χ0) is 94.8. The van der Waals surface area contributed by atoms with Gasteiger partial charge in [0, 0.05) is 149 Å². The zero-order valence-electron chi connectivity index (χ0n) is 84.6. The Hall–Kier alpha value is -2.50. The maximum Gasteiger partial charge on any atom is 0.219 e. The number of carbonyl (C=O) groups excluding carboxylic acids is 5. The summed E-state index contributed by atoms with van der Waals surface area (Å²) in [7, 11) is -0.990. The second-order valence-electron chi connectivity index (χ2n) is 52.0. The van der Waals surface area contributed by atoms with E-state index in [2.05, 4.69) is 59.2 Å². The molecule has 16 saturated carbocycles. The van der Waals surface area contributed by atoms with E-state index in [9.17, 15) is 73.2 Å². The molecule has 0 bridgehead atoms. The molecule has 16 aliphatic carbocycles. The fourth-order valence-electron chi connectivity index (χ4n) is 38.2. The SMILES string of the molecule is CC(=O)N1CCN(CC(=O)[C@H]2CC[C@H]3[C@@H]4CC[C@H]5C[C@](C)(O)CC[C@]5(CO)[C@H]4CC[C@]23C)CC1.CN1CCN(CC(=O)[C@H]2CC[C@H]3[C@@H]4CC[C@H]5C[C@](C)(O)CC[C@]5(CCO)[C@H]4CC[C@]23C)CC1.C[C@@]1(O)CC[C@@]2(CO)[C@@H](CC[C@H]3[C@@H]4CC[C@H](C(=O)CN5CCN(S(C)(=O)=O)CC5)[C@@]4(C)CC[C@@H]32)C1.C[C@@]1(O)CC[C@@]2(CO)[C@@H](CC[C@H]3[C@@H]4CC[C@H](C(=O)CN5CCOCC5)[C@@]4(C)CC[C@@H]32)C1. The molecule has 0 aromatic rings. The van der Waals surface area contributed by atoms with Gasteiger partial charge in [-0.25, -0.2) is 8.42 Å². The summed E-state index contributed by atoms with van der Waals surface area (Å²) < 4.78 is 30.6. The van der Waals surface area contributed by atoms with Crippen molar-refractivity contribution < 1.29 is 78.0 Å². The van der Waals surface area contributed by atoms with Crippen LogP contribution < -0.4 is 0 Å². The molecule has 23 nitrogen and oxygen atoms in total. The molecule has 20 rings (SSSR count). The summed E-state index contributed by atoms with van der Waals surface area (Å²) in [5, 5.41) is 85.2. The quantitative estimate of drug-likeness (QED) is 0.0632. The Morgan fingerprint density at radius 3 is 0.880 bits per heavy atom. The van der Waals surface area contributed by atoms with E-state index in [1.54, 1.807) is 6.92 Å². The van der Waals surface area contributed by atoms with Gasteiger partial charge in [0.15, 0.2) is 0 Å². The van der Waals surface area contributed by atoms with Crippen LogP contribution in [0.5, 0.6) is 0 Å². The molecule has 32 atom stereocenters. The molecule has 133 heavy (non-hydrogen) atoms. The number of rotatable bonds is 18. The number of ketones is 4. The van der Waals surface area contributed by atoms with E-state index in [1.807, 2.05) is 32.6 Å². The fraction of sp³-hybridized carbons (Fsp3) is 0.954. The van der Waals surface area contributed by atoms with Crippen LogP contribution in [0.15, 0.2) is 0 Å². The van der Waals surface area contributed by atoms with Crippen molar-refractivity contribution in [3.63, 3.8) is 0 Å². The summed E-state index contributed by atoms with van der Waals surface area (Å²) in [6, 6.07) is 0. The molecule has 24 heteroatoms. The molecule has 0 aromatic heterocycles. The number of Topliss-reactive ketones (excluding diaryl/α,β-unsaturated/α-hetero) is 4. The van der Waals surface area contributed by atoms with E-state index in [1.165, 1.54) is 68.3 Å². The van der Waals surface area contributed by atoms with E-state index in [0.29, 0.717) is 170 Å². The van der Waals surface area contributed by atoms with Gasteiger partial charge in [0.05, 0.1) is 68.1 Å². The second kappa shape index (κ2) is 39.2. The number of sulfonamides is 1. The van der Waals surface area contributed by atoms with Gasteiger partial charge in [0.25, 0.3) is 0 Å². The fourth-order valence-corrected chi connectivity index (χ4v) is 39.0. The van der Waals surface area contributed by atoms with Crippen molar-refractivity contribution in [1.29, 1.82) is 0 Å². The third-order valence-corrected chi connectivity index (χ3v) is 46.8. The Labute approximate surface area is 800 Å². The Morgan fingerprint density at radius 1 is 0.323 bits per heavy atom. The molecule has 8 N–H and O–H groups in total. The minimum absolute atomic E-state index is 0.00236. The number of hydrogen-bond donors (Lipinski definition) is 8. The van der Waals surface area contributed by atoms with Crippen LogP contribution in [0.3, 0.4) is 0 Å². The highest BCUT2D eigenvalue weighted by Gasteiger charge is 2.69. The number of aliphatic hydroxyl groups excluding tert-OH is 4. The molecule has 4 saturated heterocycles. The second-order valence-corrected chi connectivity index (χ2v) is 54.0. The number of piperazine rings is 3. The highest BCUT2D eigenvalue weighted by atomic mass is 32.2. The molecular formula is C109H183N7O16S. The number of amides is 1. The van der Waals surface area contributed by atoms with Gasteiger partial charge in [0.1, 0.15) is 23.1 Å². The van der Waals surface area contributed by atoms with Gasteiger partial charge in [-0.05, 0) is 410 Å². The van der Waals surface area contributed by atoms with Crippen LogP contribution in [0.1, 0.15) is 300 Å². The summed E-state index contributed by atoms with van der Waals surface area (Å²) >= 11 is 0. The molecule has 4 aliphatic heterocycles. The smallest absolute Gasteiger partial charge is 0.219 e. The van der Waals surface area contributed by atoms with Gasteiger partial charge in [-0.1, -0.05) is 27.7 Å². The van der Waals surface area contributed by atoms with E-state index < -0.39 is 32.4 Å². The van der Waals surface area contributed by atoms with E-state index in [4.69, 9.17) is 4.74 Å². The van der Waals surface area contributed by atoms with Gasteiger partial charge < -0.3 is 55.4 Å². The lowest BCUT2D eigenvalue weighted by Gasteiger charge is -2.63. The number of ether oxygens (including phenoxy) is 1. The normalized spacial score (nSPS) is 48.2. The van der Waals surface area contributed by atoms with Crippen molar-refractivity contribution in [1.82, 2.24) is 33.7 Å². The largest absolute Gasteiger partial charge is 0.396 e. The Bertz CT molecular complexity index is 4200. The number of likely N-dealkylation sites (N-methyl/N-ethyl adjacent to an activating group) is 1. The lowest BCUT2D eigenvalue weighted by Crippen LogP contribution is -2.58. The molecule has 20 fully saturated rings. The van der Waals surface area contributed by atoms with Gasteiger partial charge in [0.2, 0.25) is 15.9 Å². The Balaban J connectivity index is 0.000000124. The van der Waals surface area contributed by atoms with Crippen LogP contribution in [0.25, 0.3) is 0 Å². The molecule has 1 amide bonds. The number of hydrogen-bond acceptors (Lipinski definition) is 21. The third-order valence-electron chi connectivity index (χ3n) is 45.5. The van der Waals surface area contributed by atoms with Crippen molar-refractivity contribution in [2.45, 2.75) is 322 Å². The number of morpholine rings is 1. The molecule has 756 valence electrons. The first-order chi connectivity index (χ1) is 63.0. The Kier molecular flexibility index (Phi) is 30.1. The van der Waals surface area contributed by atoms with Crippen molar-refractivity contribution in [2.24, 2.45) is 162 Å². The standard InChI is InChI=1S/C28H46N2O4.C28H48N2O3.C27H46N2O5S.C26H43NO4/c1-19(32)30-14-12-29(13-15-30)17-25(33)24-7-6-22-21-5-4-20-16-26(2,34)10-11-28(20,18-31)23(21)8-9-27(22,24)3;1-26(33)10-11-28(12-17-31)20(18-26)4-5-21-22-6-7-24(27(22,2)9-8-23(21)28)25(32)19-30-15-13-29(3)14-16-30;1-25(32)10-11-27(18-30)19(16-25)4-5-20-21-6-7-23(26(21,2)9-8-22(20)27)24(31)17-28-12-14-29(15-13-28)35(3,33)34;1-24(30)9-10-26(17-28)18(15-24)3-4-19-20-5-6-22(25(20,2)8-7-21(19)26)23(29)16-27-11-13-31-14-12-27/h20-24,31,34H,4-18H2,1-3H3;20-24,31,33H,4-19H2,1-3H3;19-23,30,32H,4-18H2,1-3H3;18-22,28,30H,3-17H2,1-2H3/t2*20-,21-,22-,23-,24+,26+,27-,28+;19-,20-,21-,22-,23+,25+,26-,27+;18-,19-,20-,21-,22+,24+,25-,26+/m0000/s1. The average molecular weight is 1880 g/mol. The minimum Gasteiger partial charge on any atom is -0.396 e. The first-order valence-electron chi connectivity index (χ1n) is 54.8. The third kappa shape index (κ3) is 19.3. The van der Waals surface area contributed by atoms with Crippen LogP contribution >= 0.6 is 0 Å². The molecule has 0 radical (unpaired) electrons. The maximum absolute atomic E-state index is 13.6. The molecule has 20 aliphatic rings. The van der Waals surface area contributed by atoms with Crippen molar-refractivity contribution in [3.8, 4) is 0 Å². The van der Waals surface area contributed by atoms with E-state index >= 15 is 0 Å². The van der Waals surface area contributed by atoms with Crippen molar-refractivity contribution in [2.75, 3.05) is 171 Å².